The Morgan fingerprint density at radius 2 is 1.43 bits per heavy atom. The smallest absolute Gasteiger partial charge is 0.198 e. The number of benzene rings is 8. The predicted molar refractivity (Wildman–Crippen MR) is 240 cm³/mol. The van der Waals surface area contributed by atoms with Crippen LogP contribution in [0.3, 0.4) is 0 Å². The van der Waals surface area contributed by atoms with E-state index < -0.39 is 0 Å². The third-order valence-corrected chi connectivity index (χ3v) is 13.0. The van der Waals surface area contributed by atoms with Crippen molar-refractivity contribution >= 4 is 91.1 Å². The first-order valence-electron chi connectivity index (χ1n) is 19.8. The van der Waals surface area contributed by atoms with Crippen LogP contribution in [-0.4, -0.2) is 7.28 Å². The van der Waals surface area contributed by atoms with E-state index in [1.165, 1.54) is 82.1 Å². The van der Waals surface area contributed by atoms with Gasteiger partial charge in [-0.15, -0.1) is 0 Å². The highest BCUT2D eigenvalue weighted by Crippen LogP contribution is 2.51. The maximum absolute atomic E-state index is 6.57. The predicted octanol–water partition coefficient (Wildman–Crippen LogP) is 13.4. The van der Waals surface area contributed by atoms with Crippen LogP contribution < -0.4 is 21.1 Å². The van der Waals surface area contributed by atoms with E-state index >= 15 is 0 Å². The fourth-order valence-corrected chi connectivity index (χ4v) is 10.2. The van der Waals surface area contributed by atoms with Crippen molar-refractivity contribution in [2.75, 3.05) is 10.2 Å². The molecule has 0 unspecified atom stereocenters. The Kier molecular flexibility index (Phi) is 7.85. The van der Waals surface area contributed by atoms with Crippen LogP contribution in [0.1, 0.15) is 38.2 Å². The van der Waals surface area contributed by atoms with Crippen LogP contribution in [0.5, 0.6) is 0 Å². The van der Waals surface area contributed by atoms with Gasteiger partial charge >= 0.3 is 0 Å². The van der Waals surface area contributed by atoms with E-state index in [2.05, 4.69) is 182 Å². The summed E-state index contributed by atoms with van der Waals surface area (Å²) in [4.78, 5) is 5.05. The molecule has 1 aromatic heterocycles. The van der Waals surface area contributed by atoms with Crippen LogP contribution in [0, 0.1) is 0 Å². The van der Waals surface area contributed by atoms with Gasteiger partial charge in [0.2, 0.25) is 0 Å². The van der Waals surface area contributed by atoms with E-state index in [1.54, 1.807) is 0 Å². The summed E-state index contributed by atoms with van der Waals surface area (Å²) >= 11 is 1.84. The number of anilines is 5. The Bertz CT molecular complexity index is 3010. The number of hydrogen-bond acceptors (Lipinski definition) is 4. The zero-order chi connectivity index (χ0) is 37.3. The van der Waals surface area contributed by atoms with Gasteiger partial charge in [-0.05, 0) is 99.9 Å². The van der Waals surface area contributed by atoms with Gasteiger partial charge in [-0.25, -0.2) is 0 Å². The Hall–Kier alpha value is -6.17. The topological polar surface area (TPSA) is 28.4 Å². The molecule has 5 heteroatoms. The molecule has 0 saturated carbocycles. The molecule has 0 aliphatic carbocycles. The largest absolute Gasteiger partial charge is 0.456 e. The number of rotatable bonds is 6. The normalized spacial score (nSPS) is 13.4. The van der Waals surface area contributed by atoms with E-state index in [0.717, 1.165) is 47.7 Å². The van der Waals surface area contributed by atoms with Crippen LogP contribution >= 0.6 is 11.8 Å². The monoisotopic (exact) mass is 738 g/mol. The molecule has 0 fully saturated rings. The van der Waals surface area contributed by atoms with E-state index in [9.17, 15) is 0 Å². The second-order valence-corrected chi connectivity index (χ2v) is 16.4. The zero-order valence-corrected chi connectivity index (χ0v) is 32.3. The maximum atomic E-state index is 6.57. The minimum absolute atomic E-state index is 0.463. The fourth-order valence-electron chi connectivity index (χ4n) is 9.16. The van der Waals surface area contributed by atoms with Crippen molar-refractivity contribution in [1.29, 1.82) is 0 Å². The molecule has 0 amide bonds. The maximum Gasteiger partial charge on any atom is 0.198 e. The highest BCUT2D eigenvalue weighted by molar-refractivity contribution is 7.99. The number of furan rings is 1. The lowest BCUT2D eigenvalue weighted by molar-refractivity contribution is 0.665. The van der Waals surface area contributed by atoms with Gasteiger partial charge in [0.05, 0.1) is 17.1 Å². The van der Waals surface area contributed by atoms with Gasteiger partial charge in [0.25, 0.3) is 0 Å². The number of para-hydroxylation sites is 3. The van der Waals surface area contributed by atoms with Crippen molar-refractivity contribution < 1.29 is 4.42 Å². The Morgan fingerprint density at radius 1 is 0.643 bits per heavy atom. The van der Waals surface area contributed by atoms with Crippen molar-refractivity contribution in [2.45, 2.75) is 42.4 Å². The van der Waals surface area contributed by atoms with Crippen LogP contribution in [0.2, 0.25) is 0 Å². The highest BCUT2D eigenvalue weighted by atomic mass is 32.2. The fraction of sp³-hybridized carbons (Fsp3) is 0.0980. The molecule has 8 aromatic carbocycles. The third kappa shape index (κ3) is 5.29. The van der Waals surface area contributed by atoms with Crippen molar-refractivity contribution in [3.05, 3.63) is 163 Å². The van der Waals surface area contributed by atoms with Gasteiger partial charge in [-0.1, -0.05) is 141 Å². The minimum Gasteiger partial charge on any atom is -0.456 e. The van der Waals surface area contributed by atoms with Crippen LogP contribution in [0.25, 0.3) is 55.0 Å². The summed E-state index contributed by atoms with van der Waals surface area (Å²) < 4.78 is 6.57. The minimum atomic E-state index is 0.463. The van der Waals surface area contributed by atoms with Crippen molar-refractivity contribution in [1.82, 2.24) is 0 Å². The summed E-state index contributed by atoms with van der Waals surface area (Å²) in [5, 5.41) is 8.65. The van der Waals surface area contributed by atoms with Crippen molar-refractivity contribution in [2.24, 2.45) is 0 Å². The molecule has 2 aliphatic rings. The van der Waals surface area contributed by atoms with Gasteiger partial charge in [0, 0.05) is 43.1 Å². The van der Waals surface area contributed by atoms with Gasteiger partial charge in [0.1, 0.15) is 11.2 Å². The van der Waals surface area contributed by atoms with Gasteiger partial charge < -0.3 is 14.6 Å². The van der Waals surface area contributed by atoms with Gasteiger partial charge in [-0.2, -0.15) is 0 Å². The second-order valence-electron chi connectivity index (χ2n) is 15.3. The van der Waals surface area contributed by atoms with Gasteiger partial charge in [-0.3, -0.25) is 0 Å². The Labute approximate surface area is 332 Å². The quantitative estimate of drug-likeness (QED) is 0.172. The average Bonchev–Trinajstić information content (AvgIpc) is 3.61. The standard InChI is InChI=1S/C51H39BN2OS/c1-3-14-31(2)33-25-26-42(38(27-33)32-15-5-4-6-16-32)54-43-29-39-36-19-9-11-22-45(36)55-46(39)30-40(43)52-50-44(54)28-34-17-7-8-18-35(34)49(50)37-20-13-24-48-51(37)53-41-21-10-12-23-47(41)56-48/h4-13,15-31,52-53H,3,14H2,1-2H3/t31-/m0/s1. The summed E-state index contributed by atoms with van der Waals surface area (Å²) in [5.74, 6) is 0.463. The molecule has 56 heavy (non-hydrogen) atoms. The molecule has 9 aromatic rings. The first kappa shape index (κ1) is 33.2. The molecule has 1 N–H and O–H groups in total. The molecular formula is C51H39BN2OS. The molecule has 11 rings (SSSR count). The lowest BCUT2D eigenvalue weighted by atomic mass is 9.57. The van der Waals surface area contributed by atoms with Gasteiger partial charge in [0.15, 0.2) is 7.28 Å². The summed E-state index contributed by atoms with van der Waals surface area (Å²) in [5.41, 5.74) is 16.6. The Morgan fingerprint density at radius 3 is 2.32 bits per heavy atom. The number of nitrogens with one attached hydrogen (secondary N) is 1. The van der Waals surface area contributed by atoms with E-state index in [4.69, 9.17) is 4.42 Å². The van der Waals surface area contributed by atoms with Crippen LogP contribution in [-0.2, 0) is 0 Å². The van der Waals surface area contributed by atoms with E-state index in [0.29, 0.717) is 5.92 Å². The molecule has 0 bridgehead atoms. The number of nitrogens with zero attached hydrogens (tertiary/aromatic N) is 1. The number of fused-ring (bicyclic) bond motifs is 8. The molecule has 0 spiro atoms. The van der Waals surface area contributed by atoms with Crippen molar-refractivity contribution in [3.8, 4) is 22.3 Å². The van der Waals surface area contributed by atoms with Crippen molar-refractivity contribution in [3.63, 3.8) is 0 Å². The molecule has 2 aliphatic heterocycles. The zero-order valence-electron chi connectivity index (χ0n) is 31.5. The van der Waals surface area contributed by atoms with E-state index in [-0.39, 0.29) is 0 Å². The first-order valence-corrected chi connectivity index (χ1v) is 20.6. The summed E-state index contributed by atoms with van der Waals surface area (Å²) in [6.45, 7) is 4.65. The van der Waals surface area contributed by atoms with Crippen LogP contribution in [0.4, 0.5) is 28.4 Å². The molecule has 0 saturated heterocycles. The molecule has 268 valence electrons. The molecule has 0 radical (unpaired) electrons. The third-order valence-electron chi connectivity index (χ3n) is 11.9. The molecule has 3 heterocycles. The molecular weight excluding hydrogens is 699 g/mol. The summed E-state index contributed by atoms with van der Waals surface area (Å²) in [6, 6.07) is 58.1. The lowest BCUT2D eigenvalue weighted by Gasteiger charge is -2.37. The molecule has 1 atom stereocenters. The molecule has 3 nitrogen and oxygen atoms in total. The second kappa shape index (κ2) is 13.2. The summed E-state index contributed by atoms with van der Waals surface area (Å²) in [7, 11) is 0.772. The number of hydrogen-bond donors (Lipinski definition) is 1. The summed E-state index contributed by atoms with van der Waals surface area (Å²) in [6.07, 6.45) is 2.31. The SMILES string of the molecule is CCC[C@H](C)c1ccc(N2c3cc4c(cc3Bc3c2cc2ccccc2c3-c2cccc3c2Nc2ccccc2S3)oc2ccccc24)c(-c2ccccc2)c1. The highest BCUT2D eigenvalue weighted by Gasteiger charge is 2.33. The Balaban J connectivity index is 1.23. The lowest BCUT2D eigenvalue weighted by Crippen LogP contribution is -2.41. The first-order chi connectivity index (χ1) is 27.6. The average molecular weight is 739 g/mol. The van der Waals surface area contributed by atoms with Crippen LogP contribution in [0.15, 0.2) is 172 Å². The van der Waals surface area contributed by atoms with E-state index in [1.807, 2.05) is 11.8 Å².